The summed E-state index contributed by atoms with van der Waals surface area (Å²) in [5.41, 5.74) is 6.67. The Morgan fingerprint density at radius 2 is 1.58 bits per heavy atom. The van der Waals surface area contributed by atoms with Gasteiger partial charge in [-0.25, -0.2) is 14.2 Å². The van der Waals surface area contributed by atoms with Crippen LogP contribution in [0.2, 0.25) is 0 Å². The average molecular weight is 706 g/mol. The fraction of sp³-hybridized carbons (Fsp3) is 0.325. The zero-order valence-corrected chi connectivity index (χ0v) is 29.4. The predicted octanol–water partition coefficient (Wildman–Crippen LogP) is 7.33. The number of oxazole rings is 1. The largest absolute Gasteiger partial charge is 0.497 e. The highest BCUT2D eigenvalue weighted by molar-refractivity contribution is 5.92. The molecule has 2 aliphatic heterocycles. The summed E-state index contributed by atoms with van der Waals surface area (Å²) in [5.74, 6) is 2.43. The van der Waals surface area contributed by atoms with Crippen molar-refractivity contribution < 1.29 is 32.5 Å². The normalized spacial score (nSPS) is 17.1. The lowest BCUT2D eigenvalue weighted by Crippen LogP contribution is -2.41. The van der Waals surface area contributed by atoms with Gasteiger partial charge in [-0.05, 0) is 78.9 Å². The number of alkyl halides is 1. The Labute approximate surface area is 300 Å². The number of aryl methyl sites for hydroxylation is 1. The van der Waals surface area contributed by atoms with Crippen LogP contribution in [0.5, 0.6) is 17.2 Å². The number of hydrogen-bond acceptors (Lipinski definition) is 10. The molecule has 1 saturated heterocycles. The number of nitrogens with zero attached hydrogens (tertiary/aromatic N) is 5. The zero-order valence-electron chi connectivity index (χ0n) is 29.4. The Morgan fingerprint density at radius 3 is 2.25 bits per heavy atom. The van der Waals surface area contributed by atoms with Crippen molar-refractivity contribution in [2.45, 2.75) is 51.1 Å². The molecule has 52 heavy (non-hydrogen) atoms. The lowest BCUT2D eigenvalue weighted by molar-refractivity contribution is -0.143. The number of anilines is 2. The molecule has 0 N–H and O–H groups in total. The van der Waals surface area contributed by atoms with Gasteiger partial charge in [-0.1, -0.05) is 24.3 Å². The minimum absolute atomic E-state index is 0.241. The van der Waals surface area contributed by atoms with Gasteiger partial charge in [0.05, 0.1) is 33.5 Å². The number of aromatic nitrogens is 3. The Hall–Kier alpha value is -5.78. The molecule has 11 nitrogen and oxygen atoms in total. The predicted molar refractivity (Wildman–Crippen MR) is 196 cm³/mol. The van der Waals surface area contributed by atoms with E-state index in [4.69, 9.17) is 33.3 Å². The first kappa shape index (κ1) is 33.4. The van der Waals surface area contributed by atoms with E-state index in [-0.39, 0.29) is 6.42 Å². The Kier molecular flexibility index (Phi) is 9.04. The molecule has 1 fully saturated rings. The van der Waals surface area contributed by atoms with Crippen molar-refractivity contribution in [1.29, 1.82) is 0 Å². The second-order valence-electron chi connectivity index (χ2n) is 13.2. The summed E-state index contributed by atoms with van der Waals surface area (Å²) in [5, 5.41) is 0. The third kappa shape index (κ3) is 6.33. The fourth-order valence-electron chi connectivity index (χ4n) is 7.21. The van der Waals surface area contributed by atoms with Crippen LogP contribution in [0.1, 0.15) is 30.4 Å². The van der Waals surface area contributed by atoms with Crippen LogP contribution < -0.4 is 24.0 Å². The molecule has 2 aliphatic rings. The molecule has 0 amide bonds. The van der Waals surface area contributed by atoms with E-state index in [0.717, 1.165) is 58.9 Å². The number of methoxy groups -OCH3 is 3. The third-order valence-corrected chi connectivity index (χ3v) is 9.89. The van der Waals surface area contributed by atoms with Crippen LogP contribution in [0.25, 0.3) is 33.5 Å². The first-order valence-electron chi connectivity index (χ1n) is 17.5. The van der Waals surface area contributed by atoms with E-state index >= 15 is 0 Å². The number of fused-ring (bicyclic) bond motifs is 1. The monoisotopic (exact) mass is 705 g/mol. The molecule has 8 rings (SSSR count). The Bertz CT molecular complexity index is 2170. The molecule has 4 heterocycles. The quantitative estimate of drug-likeness (QED) is 0.135. The second-order valence-corrected chi connectivity index (χ2v) is 13.2. The molecule has 2 aromatic heterocycles. The van der Waals surface area contributed by atoms with Gasteiger partial charge < -0.3 is 37.7 Å². The maximum absolute atomic E-state index is 14.9. The van der Waals surface area contributed by atoms with E-state index in [1.807, 2.05) is 78.9 Å². The maximum Gasteiger partial charge on any atom is 0.331 e. The van der Waals surface area contributed by atoms with Crippen LogP contribution in [-0.4, -0.2) is 67.2 Å². The molecule has 4 aromatic carbocycles. The number of carbonyl (C=O) groups excluding carboxylic acids is 1. The number of imidazole rings is 1. The highest BCUT2D eigenvalue weighted by Gasteiger charge is 2.41. The topological polar surface area (TPSA) is 104 Å². The van der Waals surface area contributed by atoms with E-state index in [1.54, 1.807) is 19.1 Å². The van der Waals surface area contributed by atoms with Crippen molar-refractivity contribution >= 4 is 39.8 Å². The standard InChI is InChI=1S/C40H40FN5O6/c1-48-29-11-6-25(7-12-29)23-44(24-26-8-13-30(49-2)14-9-26)40-43-32-20-27(10-15-34(32)52-40)38-42-33-21-28(45-18-16-31(41)36(45)39(47)50-3)22-35-37(33)46(38)17-4-5-19-51-35/h6-15,20-22,31,36H,4-5,16-19,23-24H2,1-3H3/t31-,36+/m0/s1. The van der Waals surface area contributed by atoms with Crippen molar-refractivity contribution in [1.82, 2.24) is 14.5 Å². The molecule has 2 atom stereocenters. The summed E-state index contributed by atoms with van der Waals surface area (Å²) >= 11 is 0. The molecule has 0 unspecified atom stereocenters. The molecule has 0 radical (unpaired) electrons. The molecule has 12 heteroatoms. The van der Waals surface area contributed by atoms with Crippen LogP contribution >= 0.6 is 0 Å². The fourth-order valence-corrected chi connectivity index (χ4v) is 7.21. The summed E-state index contributed by atoms with van der Waals surface area (Å²) in [6.45, 7) is 2.82. The first-order valence-corrected chi connectivity index (χ1v) is 17.5. The molecule has 0 saturated carbocycles. The van der Waals surface area contributed by atoms with E-state index in [0.29, 0.717) is 60.3 Å². The zero-order chi connectivity index (χ0) is 35.8. The van der Waals surface area contributed by atoms with Gasteiger partial charge in [0.1, 0.15) is 40.3 Å². The van der Waals surface area contributed by atoms with Gasteiger partial charge >= 0.3 is 5.97 Å². The van der Waals surface area contributed by atoms with Gasteiger partial charge in [-0.3, -0.25) is 0 Å². The van der Waals surface area contributed by atoms with E-state index in [1.165, 1.54) is 7.11 Å². The van der Waals surface area contributed by atoms with Crippen molar-refractivity contribution in [3.8, 4) is 28.6 Å². The average Bonchev–Trinajstić information content (AvgIpc) is 3.88. The highest BCUT2D eigenvalue weighted by Crippen LogP contribution is 2.40. The van der Waals surface area contributed by atoms with Gasteiger partial charge in [0.15, 0.2) is 11.6 Å². The smallest absolute Gasteiger partial charge is 0.331 e. The Morgan fingerprint density at radius 1 is 0.865 bits per heavy atom. The lowest BCUT2D eigenvalue weighted by Gasteiger charge is -2.26. The van der Waals surface area contributed by atoms with Crippen LogP contribution in [0.3, 0.4) is 0 Å². The highest BCUT2D eigenvalue weighted by atomic mass is 19.1. The molecule has 0 bridgehead atoms. The van der Waals surface area contributed by atoms with Gasteiger partial charge in [0.25, 0.3) is 6.01 Å². The molecular formula is C40H40FN5O6. The van der Waals surface area contributed by atoms with E-state index in [2.05, 4.69) is 9.47 Å². The van der Waals surface area contributed by atoms with Crippen molar-refractivity contribution in [3.63, 3.8) is 0 Å². The van der Waals surface area contributed by atoms with Crippen LogP contribution in [-0.2, 0) is 29.2 Å². The molecule has 0 aliphatic carbocycles. The molecule has 6 aromatic rings. The number of carbonyl (C=O) groups is 1. The SMILES string of the molecule is COC(=O)[C@H]1[C@@H](F)CCN1c1cc2c3c(c1)nc(-c1ccc4oc(N(Cc5ccc(OC)cc5)Cc5ccc(OC)cc5)nc4c1)n3CCCCO2. The van der Waals surface area contributed by atoms with Gasteiger partial charge in [-0.2, -0.15) is 4.98 Å². The lowest BCUT2D eigenvalue weighted by atomic mass is 10.1. The number of halogens is 1. The van der Waals surface area contributed by atoms with Crippen molar-refractivity contribution in [3.05, 3.63) is 90.0 Å². The molecule has 268 valence electrons. The summed E-state index contributed by atoms with van der Waals surface area (Å²) in [6.07, 6.45) is 0.711. The number of benzene rings is 4. The van der Waals surface area contributed by atoms with Crippen LogP contribution in [0.4, 0.5) is 16.1 Å². The number of ether oxygens (including phenoxy) is 4. The van der Waals surface area contributed by atoms with Crippen LogP contribution in [0.15, 0.2) is 83.3 Å². The minimum atomic E-state index is -1.32. The maximum atomic E-state index is 14.9. The Balaban J connectivity index is 1.16. The third-order valence-electron chi connectivity index (χ3n) is 9.89. The van der Waals surface area contributed by atoms with Gasteiger partial charge in [0, 0.05) is 43.5 Å². The molecular weight excluding hydrogens is 665 g/mol. The van der Waals surface area contributed by atoms with Gasteiger partial charge in [0.2, 0.25) is 0 Å². The summed E-state index contributed by atoms with van der Waals surface area (Å²) in [6, 6.07) is 25.2. The number of esters is 1. The second kappa shape index (κ2) is 14.1. The number of hydrogen-bond donors (Lipinski definition) is 0. The van der Waals surface area contributed by atoms with Crippen molar-refractivity contribution in [2.24, 2.45) is 0 Å². The summed E-state index contributed by atoms with van der Waals surface area (Å²) in [4.78, 5) is 26.6. The van der Waals surface area contributed by atoms with Crippen molar-refractivity contribution in [2.75, 3.05) is 44.3 Å². The summed E-state index contributed by atoms with van der Waals surface area (Å²) < 4.78 is 45.5. The van der Waals surface area contributed by atoms with Gasteiger partial charge in [-0.15, -0.1) is 0 Å². The summed E-state index contributed by atoms with van der Waals surface area (Å²) in [7, 11) is 4.60. The molecule has 0 spiro atoms. The van der Waals surface area contributed by atoms with Crippen LogP contribution in [0, 0.1) is 0 Å². The van der Waals surface area contributed by atoms with E-state index < -0.39 is 18.2 Å². The first-order chi connectivity index (χ1) is 25.4. The minimum Gasteiger partial charge on any atom is -0.497 e. The van der Waals surface area contributed by atoms with E-state index in [9.17, 15) is 9.18 Å². The number of rotatable bonds is 10.